The second-order valence-electron chi connectivity index (χ2n) is 5.48. The Balaban J connectivity index is 1.91. The first-order valence-corrected chi connectivity index (χ1v) is 6.40. The van der Waals surface area contributed by atoms with Crippen molar-refractivity contribution in [1.82, 2.24) is 0 Å². The molecule has 1 aliphatic heterocycles. The lowest BCUT2D eigenvalue weighted by atomic mass is 9.90. The second kappa shape index (κ2) is 4.85. The van der Waals surface area contributed by atoms with Crippen molar-refractivity contribution in [3.63, 3.8) is 0 Å². The third kappa shape index (κ3) is 2.89. The molecule has 18 heavy (non-hydrogen) atoms. The van der Waals surface area contributed by atoms with Crippen LogP contribution in [0.2, 0.25) is 5.02 Å². The van der Waals surface area contributed by atoms with Gasteiger partial charge in [-0.1, -0.05) is 23.7 Å². The number of hydrogen-bond acceptors (Lipinski definition) is 3. The Morgan fingerprint density at radius 1 is 1.06 bits per heavy atom. The van der Waals surface area contributed by atoms with E-state index in [1.807, 2.05) is 52.0 Å². The summed E-state index contributed by atoms with van der Waals surface area (Å²) in [5.74, 6) is 0. The van der Waals surface area contributed by atoms with Crippen LogP contribution in [0.3, 0.4) is 0 Å². The molecule has 5 heteroatoms. The van der Waals surface area contributed by atoms with Crippen LogP contribution in [0.15, 0.2) is 24.3 Å². The van der Waals surface area contributed by atoms with Gasteiger partial charge >= 0.3 is 7.32 Å². The molecule has 0 spiro atoms. The van der Waals surface area contributed by atoms with Crippen LogP contribution in [0.1, 0.15) is 33.3 Å². The highest BCUT2D eigenvalue weighted by Gasteiger charge is 2.52. The van der Waals surface area contributed by atoms with Gasteiger partial charge in [-0.3, -0.25) is 0 Å². The van der Waals surface area contributed by atoms with E-state index in [1.54, 1.807) is 0 Å². The maximum atomic E-state index is 5.82. The highest BCUT2D eigenvalue weighted by atomic mass is 35.5. The monoisotopic (exact) mass is 268 g/mol. The molecule has 98 valence electrons. The second-order valence-corrected chi connectivity index (χ2v) is 5.92. The van der Waals surface area contributed by atoms with Gasteiger partial charge in [-0.25, -0.2) is 0 Å². The topological polar surface area (TPSA) is 27.7 Å². The maximum absolute atomic E-state index is 5.82. The smallest absolute Gasteiger partial charge is 0.382 e. The summed E-state index contributed by atoms with van der Waals surface area (Å²) >= 11 is 5.82. The predicted molar refractivity (Wildman–Crippen MR) is 72.3 cm³/mol. The number of halogens is 1. The van der Waals surface area contributed by atoms with Gasteiger partial charge < -0.3 is 14.0 Å². The molecule has 0 aliphatic carbocycles. The molecule has 0 unspecified atom stereocenters. The van der Waals surface area contributed by atoms with E-state index in [-0.39, 0.29) is 11.2 Å². The van der Waals surface area contributed by atoms with Gasteiger partial charge in [0.05, 0.1) is 17.8 Å². The van der Waals surface area contributed by atoms with Gasteiger partial charge in [0.15, 0.2) is 0 Å². The molecule has 0 radical (unpaired) electrons. The zero-order valence-electron chi connectivity index (χ0n) is 11.2. The molecule has 1 aromatic carbocycles. The van der Waals surface area contributed by atoms with E-state index in [1.165, 1.54) is 0 Å². The Morgan fingerprint density at radius 2 is 1.56 bits per heavy atom. The molecule has 0 amide bonds. The molecule has 0 atom stereocenters. The summed E-state index contributed by atoms with van der Waals surface area (Å²) in [6.07, 6.45) is 0. The molecule has 0 bridgehead atoms. The Bertz CT molecular complexity index is 401. The first-order chi connectivity index (χ1) is 8.30. The summed E-state index contributed by atoms with van der Waals surface area (Å²) in [6.45, 7) is 8.43. The van der Waals surface area contributed by atoms with E-state index >= 15 is 0 Å². The van der Waals surface area contributed by atoms with Crippen LogP contribution in [-0.2, 0) is 20.6 Å². The van der Waals surface area contributed by atoms with Crippen LogP contribution in [0.4, 0.5) is 0 Å². The zero-order chi connectivity index (χ0) is 13.4. The molecule has 1 aromatic rings. The summed E-state index contributed by atoms with van der Waals surface area (Å²) in [5.41, 5.74) is 0.309. The van der Waals surface area contributed by atoms with Gasteiger partial charge in [-0.05, 0) is 45.4 Å². The van der Waals surface area contributed by atoms with Crippen molar-refractivity contribution in [1.29, 1.82) is 0 Å². The summed E-state index contributed by atoms with van der Waals surface area (Å²) < 4.78 is 17.1. The third-order valence-corrected chi connectivity index (χ3v) is 3.78. The summed E-state index contributed by atoms with van der Waals surface area (Å²) in [6, 6.07) is 7.52. The largest absolute Gasteiger partial charge is 0.640 e. The first-order valence-electron chi connectivity index (χ1n) is 6.02. The van der Waals surface area contributed by atoms with Crippen molar-refractivity contribution in [2.75, 3.05) is 0 Å². The molecular formula is C13H18BClO3. The summed E-state index contributed by atoms with van der Waals surface area (Å²) in [5, 5.41) is 0.717. The number of benzene rings is 1. The molecular weight excluding hydrogens is 250 g/mol. The van der Waals surface area contributed by atoms with Crippen molar-refractivity contribution in [2.45, 2.75) is 45.5 Å². The lowest BCUT2D eigenvalue weighted by Crippen LogP contribution is -2.41. The average molecular weight is 269 g/mol. The summed E-state index contributed by atoms with van der Waals surface area (Å²) in [7, 11) is -0.620. The SMILES string of the molecule is CC1(C)OB(OCc2ccc(Cl)cc2)OC1(C)C. The lowest BCUT2D eigenvalue weighted by Gasteiger charge is -2.31. The van der Waals surface area contributed by atoms with Crippen molar-refractivity contribution in [3.8, 4) is 0 Å². The fourth-order valence-corrected chi connectivity index (χ4v) is 1.73. The Morgan fingerprint density at radius 3 is 2.06 bits per heavy atom. The summed E-state index contributed by atoms with van der Waals surface area (Å²) in [4.78, 5) is 0. The maximum Gasteiger partial charge on any atom is 0.640 e. The molecule has 1 fully saturated rings. The molecule has 2 rings (SSSR count). The first kappa shape index (κ1) is 13.9. The standard InChI is InChI=1S/C13H18BClO3/c1-12(2)13(3,4)18-14(17-12)16-9-10-5-7-11(15)8-6-10/h5-8H,9H2,1-4H3. The van der Waals surface area contributed by atoms with Gasteiger partial charge in [0.2, 0.25) is 0 Å². The van der Waals surface area contributed by atoms with E-state index in [2.05, 4.69) is 0 Å². The van der Waals surface area contributed by atoms with Crippen molar-refractivity contribution < 1.29 is 14.0 Å². The molecule has 1 aliphatic rings. The van der Waals surface area contributed by atoms with Crippen LogP contribution in [0, 0.1) is 0 Å². The Hall–Kier alpha value is -0.545. The van der Waals surface area contributed by atoms with Gasteiger partial charge in [-0.2, -0.15) is 0 Å². The van der Waals surface area contributed by atoms with Gasteiger partial charge in [0.1, 0.15) is 0 Å². The van der Waals surface area contributed by atoms with Crippen LogP contribution in [0.5, 0.6) is 0 Å². The van der Waals surface area contributed by atoms with Gasteiger partial charge in [0, 0.05) is 5.02 Å². The van der Waals surface area contributed by atoms with E-state index in [4.69, 9.17) is 25.6 Å². The molecule has 0 aromatic heterocycles. The average Bonchev–Trinajstić information content (AvgIpc) is 2.47. The minimum Gasteiger partial charge on any atom is -0.382 e. The van der Waals surface area contributed by atoms with Gasteiger partial charge in [0.25, 0.3) is 0 Å². The van der Waals surface area contributed by atoms with Crippen LogP contribution < -0.4 is 0 Å². The molecule has 1 saturated heterocycles. The fraction of sp³-hybridized carbons (Fsp3) is 0.538. The molecule has 0 saturated carbocycles. The van der Waals surface area contributed by atoms with E-state index in [0.717, 1.165) is 10.6 Å². The quantitative estimate of drug-likeness (QED) is 0.786. The fourth-order valence-electron chi connectivity index (χ4n) is 1.60. The Labute approximate surface area is 114 Å². The predicted octanol–water partition coefficient (Wildman–Crippen LogP) is 3.45. The van der Waals surface area contributed by atoms with Crippen molar-refractivity contribution >= 4 is 18.9 Å². The molecule has 3 nitrogen and oxygen atoms in total. The minimum absolute atomic E-state index is 0.363. The minimum atomic E-state index is -0.620. The van der Waals surface area contributed by atoms with E-state index < -0.39 is 7.32 Å². The van der Waals surface area contributed by atoms with E-state index in [0.29, 0.717) is 6.61 Å². The zero-order valence-corrected chi connectivity index (χ0v) is 12.0. The highest BCUT2D eigenvalue weighted by Crippen LogP contribution is 2.37. The van der Waals surface area contributed by atoms with E-state index in [9.17, 15) is 0 Å². The number of rotatable bonds is 3. The Kier molecular flexibility index (Phi) is 3.74. The van der Waals surface area contributed by atoms with Crippen LogP contribution in [-0.4, -0.2) is 18.5 Å². The van der Waals surface area contributed by atoms with Crippen LogP contribution >= 0.6 is 11.6 Å². The van der Waals surface area contributed by atoms with Crippen LogP contribution in [0.25, 0.3) is 0 Å². The lowest BCUT2D eigenvalue weighted by molar-refractivity contribution is 0.00578. The van der Waals surface area contributed by atoms with Crippen molar-refractivity contribution in [3.05, 3.63) is 34.9 Å². The van der Waals surface area contributed by atoms with Gasteiger partial charge in [-0.15, -0.1) is 0 Å². The highest BCUT2D eigenvalue weighted by molar-refractivity contribution is 6.37. The number of hydrogen-bond donors (Lipinski definition) is 0. The third-order valence-electron chi connectivity index (χ3n) is 3.53. The molecule has 1 heterocycles. The van der Waals surface area contributed by atoms with Crippen molar-refractivity contribution in [2.24, 2.45) is 0 Å². The molecule has 0 N–H and O–H groups in total. The normalized spacial score (nSPS) is 21.3.